The van der Waals surface area contributed by atoms with Gasteiger partial charge in [0.05, 0.1) is 4.47 Å². The minimum atomic E-state index is 0.727. The Hall–Kier alpha value is -0.880. The first-order valence-corrected chi connectivity index (χ1v) is 8.55. The van der Waals surface area contributed by atoms with Gasteiger partial charge in [-0.05, 0) is 55.2 Å². The molecular formula is C15H26BrN5. The Morgan fingerprint density at radius 2 is 2.10 bits per heavy atom. The third-order valence-corrected chi connectivity index (χ3v) is 4.36. The summed E-state index contributed by atoms with van der Waals surface area (Å²) in [4.78, 5) is 13.6. The SMILES string of the molecule is CCCNc1ncc(Br)c(N2CCC(CN(C)C)CC2)n1. The molecule has 1 aliphatic heterocycles. The topological polar surface area (TPSA) is 44.3 Å². The number of halogens is 1. The van der Waals surface area contributed by atoms with Gasteiger partial charge in [0.15, 0.2) is 0 Å². The van der Waals surface area contributed by atoms with Gasteiger partial charge in [-0.3, -0.25) is 0 Å². The van der Waals surface area contributed by atoms with Crippen molar-refractivity contribution in [3.05, 3.63) is 10.7 Å². The summed E-state index contributed by atoms with van der Waals surface area (Å²) in [6.45, 7) is 6.37. The van der Waals surface area contributed by atoms with Gasteiger partial charge in [-0.25, -0.2) is 4.98 Å². The molecule has 1 aromatic rings. The summed E-state index contributed by atoms with van der Waals surface area (Å²) in [6.07, 6.45) is 5.38. The summed E-state index contributed by atoms with van der Waals surface area (Å²) < 4.78 is 0.982. The fourth-order valence-corrected chi connectivity index (χ4v) is 3.19. The maximum absolute atomic E-state index is 4.67. The van der Waals surface area contributed by atoms with Gasteiger partial charge in [-0.2, -0.15) is 4.98 Å². The van der Waals surface area contributed by atoms with E-state index in [9.17, 15) is 0 Å². The zero-order chi connectivity index (χ0) is 15.2. The molecule has 0 bridgehead atoms. The molecule has 0 amide bonds. The van der Waals surface area contributed by atoms with Crippen LogP contribution >= 0.6 is 15.9 Å². The van der Waals surface area contributed by atoms with Gasteiger partial charge in [-0.15, -0.1) is 0 Å². The van der Waals surface area contributed by atoms with E-state index in [1.54, 1.807) is 0 Å². The number of nitrogens with one attached hydrogen (secondary N) is 1. The molecule has 0 spiro atoms. The van der Waals surface area contributed by atoms with E-state index in [1.165, 1.54) is 19.4 Å². The minimum Gasteiger partial charge on any atom is -0.355 e. The molecule has 118 valence electrons. The Labute approximate surface area is 136 Å². The van der Waals surface area contributed by atoms with Crippen molar-refractivity contribution in [3.63, 3.8) is 0 Å². The first kappa shape index (κ1) is 16.5. The quantitative estimate of drug-likeness (QED) is 0.849. The first-order valence-electron chi connectivity index (χ1n) is 7.76. The largest absolute Gasteiger partial charge is 0.355 e. The molecule has 2 rings (SSSR count). The zero-order valence-electron chi connectivity index (χ0n) is 13.3. The molecule has 5 nitrogen and oxygen atoms in total. The lowest BCUT2D eigenvalue weighted by atomic mass is 9.96. The lowest BCUT2D eigenvalue weighted by molar-refractivity contribution is 0.284. The summed E-state index contributed by atoms with van der Waals surface area (Å²) in [6, 6.07) is 0. The van der Waals surface area contributed by atoms with E-state index >= 15 is 0 Å². The van der Waals surface area contributed by atoms with E-state index in [1.807, 2.05) is 6.20 Å². The van der Waals surface area contributed by atoms with Crippen LogP contribution in [0, 0.1) is 5.92 Å². The predicted octanol–water partition coefficient (Wildman–Crippen LogP) is 2.84. The van der Waals surface area contributed by atoms with Gasteiger partial charge in [-0.1, -0.05) is 6.92 Å². The van der Waals surface area contributed by atoms with Crippen molar-refractivity contribution in [2.45, 2.75) is 26.2 Å². The zero-order valence-corrected chi connectivity index (χ0v) is 14.9. The van der Waals surface area contributed by atoms with Crippen LogP contribution in [0.25, 0.3) is 0 Å². The standard InChI is InChI=1S/C15H26BrN5/c1-4-7-17-15-18-10-13(16)14(19-15)21-8-5-12(6-9-21)11-20(2)3/h10,12H,4-9,11H2,1-3H3,(H,17,18,19). The van der Waals surface area contributed by atoms with Crippen LogP contribution in [0.5, 0.6) is 0 Å². The fourth-order valence-electron chi connectivity index (χ4n) is 2.75. The van der Waals surface area contributed by atoms with E-state index in [4.69, 9.17) is 0 Å². The second-order valence-corrected chi connectivity index (χ2v) is 6.84. The highest BCUT2D eigenvalue weighted by molar-refractivity contribution is 9.10. The third-order valence-electron chi connectivity index (χ3n) is 3.80. The molecule has 1 aromatic heterocycles. The Kier molecular flexibility index (Phi) is 6.23. The Morgan fingerprint density at radius 3 is 2.71 bits per heavy atom. The number of piperidine rings is 1. The van der Waals surface area contributed by atoms with Crippen molar-refractivity contribution in [1.82, 2.24) is 14.9 Å². The van der Waals surface area contributed by atoms with Gasteiger partial charge < -0.3 is 15.1 Å². The smallest absolute Gasteiger partial charge is 0.224 e. The second-order valence-electron chi connectivity index (χ2n) is 5.98. The monoisotopic (exact) mass is 355 g/mol. The Bertz CT molecular complexity index is 444. The molecule has 0 saturated carbocycles. The summed E-state index contributed by atoms with van der Waals surface area (Å²) >= 11 is 3.59. The van der Waals surface area contributed by atoms with Crippen LogP contribution in [0.15, 0.2) is 10.7 Å². The van der Waals surface area contributed by atoms with Gasteiger partial charge in [0.2, 0.25) is 5.95 Å². The van der Waals surface area contributed by atoms with Gasteiger partial charge in [0, 0.05) is 32.4 Å². The van der Waals surface area contributed by atoms with Crippen molar-refractivity contribution in [3.8, 4) is 0 Å². The van der Waals surface area contributed by atoms with Crippen LogP contribution < -0.4 is 10.2 Å². The molecule has 0 radical (unpaired) electrons. The summed E-state index contributed by atoms with van der Waals surface area (Å²) in [5.74, 6) is 2.55. The highest BCUT2D eigenvalue weighted by atomic mass is 79.9. The molecule has 0 unspecified atom stereocenters. The molecule has 0 atom stereocenters. The maximum atomic E-state index is 4.67. The van der Waals surface area contributed by atoms with Crippen molar-refractivity contribution in [1.29, 1.82) is 0 Å². The first-order chi connectivity index (χ1) is 10.1. The van der Waals surface area contributed by atoms with E-state index in [2.05, 4.69) is 62.0 Å². The molecule has 1 aliphatic rings. The Morgan fingerprint density at radius 1 is 1.38 bits per heavy atom. The average Bonchev–Trinajstić information content (AvgIpc) is 2.47. The van der Waals surface area contributed by atoms with Crippen LogP contribution in [0.2, 0.25) is 0 Å². The minimum absolute atomic E-state index is 0.727. The van der Waals surface area contributed by atoms with Crippen molar-refractivity contribution in [2.75, 3.05) is 50.5 Å². The molecule has 0 aromatic carbocycles. The van der Waals surface area contributed by atoms with Crippen LogP contribution in [-0.4, -0.2) is 55.1 Å². The van der Waals surface area contributed by atoms with Crippen LogP contribution in [0.4, 0.5) is 11.8 Å². The molecule has 1 saturated heterocycles. The molecule has 21 heavy (non-hydrogen) atoms. The lowest BCUT2D eigenvalue weighted by Gasteiger charge is -2.34. The number of aromatic nitrogens is 2. The highest BCUT2D eigenvalue weighted by Gasteiger charge is 2.22. The molecule has 1 N–H and O–H groups in total. The molecule has 6 heteroatoms. The second kappa shape index (κ2) is 7.94. The summed E-state index contributed by atoms with van der Waals surface area (Å²) in [7, 11) is 4.30. The number of hydrogen-bond acceptors (Lipinski definition) is 5. The molecule has 1 fully saturated rings. The van der Waals surface area contributed by atoms with Gasteiger partial charge in [0.25, 0.3) is 0 Å². The van der Waals surface area contributed by atoms with E-state index in [-0.39, 0.29) is 0 Å². The normalized spacial score (nSPS) is 16.5. The Balaban J connectivity index is 1.98. The van der Waals surface area contributed by atoms with Crippen molar-refractivity contribution in [2.24, 2.45) is 5.92 Å². The molecular weight excluding hydrogens is 330 g/mol. The lowest BCUT2D eigenvalue weighted by Crippen LogP contribution is -2.37. The van der Waals surface area contributed by atoms with Crippen molar-refractivity contribution >= 4 is 27.7 Å². The van der Waals surface area contributed by atoms with Crippen LogP contribution in [0.3, 0.4) is 0 Å². The molecule has 0 aliphatic carbocycles. The van der Waals surface area contributed by atoms with Crippen molar-refractivity contribution < 1.29 is 0 Å². The fraction of sp³-hybridized carbons (Fsp3) is 0.733. The van der Waals surface area contributed by atoms with Gasteiger partial charge >= 0.3 is 0 Å². The van der Waals surface area contributed by atoms with E-state index in [0.29, 0.717) is 0 Å². The van der Waals surface area contributed by atoms with E-state index in [0.717, 1.165) is 48.2 Å². The van der Waals surface area contributed by atoms with Crippen LogP contribution in [0.1, 0.15) is 26.2 Å². The van der Waals surface area contributed by atoms with E-state index < -0.39 is 0 Å². The summed E-state index contributed by atoms with van der Waals surface area (Å²) in [5.41, 5.74) is 0. The number of hydrogen-bond donors (Lipinski definition) is 1. The number of rotatable bonds is 6. The van der Waals surface area contributed by atoms with Gasteiger partial charge in [0.1, 0.15) is 5.82 Å². The number of anilines is 2. The van der Waals surface area contributed by atoms with Crippen LogP contribution in [-0.2, 0) is 0 Å². The maximum Gasteiger partial charge on any atom is 0.224 e. The highest BCUT2D eigenvalue weighted by Crippen LogP contribution is 2.28. The average molecular weight is 356 g/mol. The predicted molar refractivity (Wildman–Crippen MR) is 92.0 cm³/mol. The number of nitrogens with zero attached hydrogens (tertiary/aromatic N) is 4. The third kappa shape index (κ3) is 4.81. The summed E-state index contributed by atoms with van der Waals surface area (Å²) in [5, 5.41) is 3.26. The molecule has 2 heterocycles.